The number of aromatic nitrogens is 2. The minimum absolute atomic E-state index is 0.0628. The van der Waals surface area contributed by atoms with E-state index in [0.29, 0.717) is 23.9 Å². The third kappa shape index (κ3) is 5.01. The Morgan fingerprint density at radius 1 is 1.11 bits per heavy atom. The summed E-state index contributed by atoms with van der Waals surface area (Å²) in [4.78, 5) is 21.0. The molecule has 27 heavy (non-hydrogen) atoms. The van der Waals surface area contributed by atoms with Crippen LogP contribution in [0.15, 0.2) is 48.5 Å². The van der Waals surface area contributed by atoms with Gasteiger partial charge in [-0.2, -0.15) is 0 Å². The van der Waals surface area contributed by atoms with Gasteiger partial charge in [-0.25, -0.2) is 14.4 Å². The molecule has 138 valence electrons. The average Bonchev–Trinajstić information content (AvgIpc) is 2.63. The first-order chi connectivity index (χ1) is 12.9. The van der Waals surface area contributed by atoms with E-state index in [1.165, 1.54) is 23.8 Å². The van der Waals surface area contributed by atoms with Crippen molar-refractivity contribution in [2.45, 2.75) is 20.4 Å². The highest BCUT2D eigenvalue weighted by Gasteiger charge is 2.12. The number of carbonyl (C=O) groups is 1. The zero-order valence-electron chi connectivity index (χ0n) is 14.9. The number of anilines is 2. The van der Waals surface area contributed by atoms with Gasteiger partial charge in [-0.05, 0) is 37.6 Å². The number of aryl methyl sites for hydroxylation is 2. The fourth-order valence-corrected chi connectivity index (χ4v) is 2.74. The van der Waals surface area contributed by atoms with E-state index in [2.05, 4.69) is 26.7 Å². The third-order valence-corrected chi connectivity index (χ3v) is 4.09. The smallest absolute Gasteiger partial charge is 0.274 e. The minimum atomic E-state index is -0.546. The molecule has 0 aliphatic heterocycles. The van der Waals surface area contributed by atoms with Gasteiger partial charge in [0.05, 0.1) is 5.02 Å². The Balaban J connectivity index is 1.73. The average molecular weight is 385 g/mol. The molecule has 0 aliphatic rings. The lowest BCUT2D eigenvalue weighted by Crippen LogP contribution is -2.16. The van der Waals surface area contributed by atoms with Crippen LogP contribution in [0.25, 0.3) is 0 Å². The Bertz CT molecular complexity index is 993. The molecule has 3 rings (SSSR count). The summed E-state index contributed by atoms with van der Waals surface area (Å²) >= 11 is 5.74. The molecule has 0 unspecified atom stereocenters. The van der Waals surface area contributed by atoms with Gasteiger partial charge in [0.1, 0.15) is 23.2 Å². The van der Waals surface area contributed by atoms with Crippen molar-refractivity contribution >= 4 is 29.0 Å². The van der Waals surface area contributed by atoms with E-state index in [9.17, 15) is 9.18 Å². The predicted molar refractivity (Wildman–Crippen MR) is 105 cm³/mol. The lowest BCUT2D eigenvalue weighted by molar-refractivity contribution is 0.102. The van der Waals surface area contributed by atoms with Crippen LogP contribution in [0.3, 0.4) is 0 Å². The number of carbonyl (C=O) groups excluding carboxylic acids is 1. The zero-order valence-corrected chi connectivity index (χ0v) is 15.6. The summed E-state index contributed by atoms with van der Waals surface area (Å²) in [5.74, 6) is 0.0368. The van der Waals surface area contributed by atoms with E-state index < -0.39 is 11.7 Å². The molecule has 2 N–H and O–H groups in total. The molecule has 0 spiro atoms. The maximum atomic E-state index is 13.2. The molecule has 0 aliphatic carbocycles. The summed E-state index contributed by atoms with van der Waals surface area (Å²) in [6.45, 7) is 4.32. The van der Waals surface area contributed by atoms with E-state index in [1.54, 1.807) is 13.0 Å². The molecule has 3 aromatic rings. The summed E-state index contributed by atoms with van der Waals surface area (Å²) in [6.07, 6.45) is 0. The summed E-state index contributed by atoms with van der Waals surface area (Å²) in [5.41, 5.74) is 2.87. The van der Waals surface area contributed by atoms with Crippen molar-refractivity contribution in [3.8, 4) is 0 Å². The van der Waals surface area contributed by atoms with E-state index in [4.69, 9.17) is 11.6 Å². The monoisotopic (exact) mass is 384 g/mol. The van der Waals surface area contributed by atoms with Gasteiger partial charge >= 0.3 is 0 Å². The minimum Gasteiger partial charge on any atom is -0.366 e. The van der Waals surface area contributed by atoms with Crippen LogP contribution >= 0.6 is 11.6 Å². The van der Waals surface area contributed by atoms with E-state index in [1.807, 2.05) is 25.1 Å². The first kappa shape index (κ1) is 18.8. The van der Waals surface area contributed by atoms with Crippen LogP contribution in [-0.2, 0) is 6.54 Å². The second-order valence-corrected chi connectivity index (χ2v) is 6.52. The molecule has 0 radical (unpaired) electrons. The van der Waals surface area contributed by atoms with Gasteiger partial charge in [0.2, 0.25) is 0 Å². The standard InChI is InChI=1S/C20H18ClFN4O/c1-12-4-3-5-14(8-12)11-23-19-10-18(24-13(2)25-19)20(27)26-15-6-7-17(22)16(21)9-15/h3-10H,11H2,1-2H3,(H,26,27)(H,23,24,25). The molecular weight excluding hydrogens is 367 g/mol. The normalized spacial score (nSPS) is 10.5. The number of nitrogens with zero attached hydrogens (tertiary/aromatic N) is 2. The number of hydrogen-bond acceptors (Lipinski definition) is 4. The van der Waals surface area contributed by atoms with Crippen molar-refractivity contribution in [3.63, 3.8) is 0 Å². The maximum absolute atomic E-state index is 13.2. The van der Waals surface area contributed by atoms with Gasteiger partial charge in [0.15, 0.2) is 0 Å². The zero-order chi connectivity index (χ0) is 19.4. The fourth-order valence-electron chi connectivity index (χ4n) is 2.56. The lowest BCUT2D eigenvalue weighted by atomic mass is 10.1. The number of halogens is 2. The van der Waals surface area contributed by atoms with Crippen LogP contribution in [0.5, 0.6) is 0 Å². The highest BCUT2D eigenvalue weighted by molar-refractivity contribution is 6.31. The van der Waals surface area contributed by atoms with Crippen molar-refractivity contribution in [3.05, 3.63) is 82.0 Å². The van der Waals surface area contributed by atoms with Crippen molar-refractivity contribution in [2.24, 2.45) is 0 Å². The molecule has 1 aromatic heterocycles. The highest BCUT2D eigenvalue weighted by Crippen LogP contribution is 2.20. The van der Waals surface area contributed by atoms with Crippen LogP contribution in [0.2, 0.25) is 5.02 Å². The van der Waals surface area contributed by atoms with Gasteiger partial charge < -0.3 is 10.6 Å². The summed E-state index contributed by atoms with van der Waals surface area (Å²) in [6, 6.07) is 13.7. The van der Waals surface area contributed by atoms with Crippen LogP contribution in [-0.4, -0.2) is 15.9 Å². The first-order valence-corrected chi connectivity index (χ1v) is 8.70. The van der Waals surface area contributed by atoms with Gasteiger partial charge in [-0.3, -0.25) is 4.79 Å². The van der Waals surface area contributed by atoms with Crippen molar-refractivity contribution in [2.75, 3.05) is 10.6 Å². The molecule has 1 amide bonds. The molecule has 2 aromatic carbocycles. The van der Waals surface area contributed by atoms with Crippen molar-refractivity contribution in [1.82, 2.24) is 9.97 Å². The van der Waals surface area contributed by atoms with Gasteiger partial charge in [-0.1, -0.05) is 41.4 Å². The topological polar surface area (TPSA) is 66.9 Å². The molecule has 0 fully saturated rings. The number of amides is 1. The lowest BCUT2D eigenvalue weighted by Gasteiger charge is -2.10. The van der Waals surface area contributed by atoms with Gasteiger partial charge in [0.25, 0.3) is 5.91 Å². The number of hydrogen-bond donors (Lipinski definition) is 2. The Labute approximate surface area is 161 Å². The summed E-state index contributed by atoms with van der Waals surface area (Å²) < 4.78 is 13.2. The molecule has 0 atom stereocenters. The SMILES string of the molecule is Cc1cccc(CNc2cc(C(=O)Nc3ccc(F)c(Cl)c3)nc(C)n2)c1. The molecule has 1 heterocycles. The van der Waals surface area contributed by atoms with Crippen molar-refractivity contribution < 1.29 is 9.18 Å². The van der Waals surface area contributed by atoms with Crippen LogP contribution < -0.4 is 10.6 Å². The van der Waals surface area contributed by atoms with E-state index in [-0.39, 0.29) is 10.7 Å². The van der Waals surface area contributed by atoms with Crippen LogP contribution in [0, 0.1) is 19.7 Å². The Kier molecular flexibility index (Phi) is 5.66. The Morgan fingerprint density at radius 3 is 2.67 bits per heavy atom. The number of rotatable bonds is 5. The molecular formula is C20H18ClFN4O. The fraction of sp³-hybridized carbons (Fsp3) is 0.150. The van der Waals surface area contributed by atoms with E-state index >= 15 is 0 Å². The first-order valence-electron chi connectivity index (χ1n) is 8.32. The van der Waals surface area contributed by atoms with Gasteiger partial charge in [0, 0.05) is 18.3 Å². The Morgan fingerprint density at radius 2 is 1.93 bits per heavy atom. The molecule has 7 heteroatoms. The van der Waals surface area contributed by atoms with Crippen LogP contribution in [0.4, 0.5) is 15.9 Å². The predicted octanol–water partition coefficient (Wildman–Crippen LogP) is 4.75. The number of benzene rings is 2. The Hall–Kier alpha value is -2.99. The molecule has 5 nitrogen and oxygen atoms in total. The maximum Gasteiger partial charge on any atom is 0.274 e. The van der Waals surface area contributed by atoms with Crippen LogP contribution in [0.1, 0.15) is 27.4 Å². The molecule has 0 saturated carbocycles. The van der Waals surface area contributed by atoms with Gasteiger partial charge in [-0.15, -0.1) is 0 Å². The highest BCUT2D eigenvalue weighted by atomic mass is 35.5. The quantitative estimate of drug-likeness (QED) is 0.666. The number of nitrogens with one attached hydrogen (secondary N) is 2. The second-order valence-electron chi connectivity index (χ2n) is 6.11. The molecule has 0 saturated heterocycles. The second kappa shape index (κ2) is 8.14. The largest absolute Gasteiger partial charge is 0.366 e. The summed E-state index contributed by atoms with van der Waals surface area (Å²) in [5, 5.41) is 5.79. The molecule has 0 bridgehead atoms. The third-order valence-electron chi connectivity index (χ3n) is 3.80. The van der Waals surface area contributed by atoms with Crippen molar-refractivity contribution in [1.29, 1.82) is 0 Å². The summed E-state index contributed by atoms with van der Waals surface area (Å²) in [7, 11) is 0. The van der Waals surface area contributed by atoms with E-state index in [0.717, 1.165) is 5.56 Å².